The van der Waals surface area contributed by atoms with E-state index in [0.29, 0.717) is 0 Å². The lowest BCUT2D eigenvalue weighted by Gasteiger charge is -2.15. The molecule has 0 fully saturated rings. The molecule has 1 heterocycles. The molecule has 3 nitrogen and oxygen atoms in total. The Balaban J connectivity index is 2.23. The van der Waals surface area contributed by atoms with E-state index in [1.807, 2.05) is 55.4 Å². The van der Waals surface area contributed by atoms with Crippen LogP contribution in [0.25, 0.3) is 0 Å². The highest BCUT2D eigenvalue weighted by Gasteiger charge is 2.10. The minimum absolute atomic E-state index is 0.611. The van der Waals surface area contributed by atoms with Crippen LogP contribution in [0.4, 0.5) is 5.69 Å². The van der Waals surface area contributed by atoms with Crippen molar-refractivity contribution in [2.24, 2.45) is 0 Å². The third-order valence-corrected chi connectivity index (χ3v) is 2.73. The summed E-state index contributed by atoms with van der Waals surface area (Å²) in [5, 5.41) is 10.2. The van der Waals surface area contributed by atoms with Crippen molar-refractivity contribution in [2.45, 2.75) is 6.10 Å². The highest BCUT2D eigenvalue weighted by atomic mass is 16.3. The molecule has 1 atom stereocenters. The standard InChI is InChI=1S/C14H16N2O/c1-16(2)13-7-5-11(6-8-13)14(17)12-4-3-9-15-10-12/h3-10,14,17H,1-2H3/t14-/m0/s1. The largest absolute Gasteiger partial charge is 0.384 e. The topological polar surface area (TPSA) is 36.4 Å². The van der Waals surface area contributed by atoms with Gasteiger partial charge in [0.2, 0.25) is 0 Å². The summed E-state index contributed by atoms with van der Waals surface area (Å²) >= 11 is 0. The minimum Gasteiger partial charge on any atom is -0.384 e. The molecule has 0 radical (unpaired) electrons. The lowest BCUT2D eigenvalue weighted by molar-refractivity contribution is 0.220. The summed E-state index contributed by atoms with van der Waals surface area (Å²) in [4.78, 5) is 6.04. The molecule has 0 unspecified atom stereocenters. The van der Waals surface area contributed by atoms with Crippen LogP contribution in [-0.4, -0.2) is 24.2 Å². The van der Waals surface area contributed by atoms with Crippen LogP contribution in [0.3, 0.4) is 0 Å². The van der Waals surface area contributed by atoms with Gasteiger partial charge in [-0.2, -0.15) is 0 Å². The fourth-order valence-electron chi connectivity index (χ4n) is 1.68. The molecule has 1 aromatic carbocycles. The van der Waals surface area contributed by atoms with Crippen molar-refractivity contribution in [3.63, 3.8) is 0 Å². The lowest BCUT2D eigenvalue weighted by Crippen LogP contribution is -2.08. The quantitative estimate of drug-likeness (QED) is 0.875. The van der Waals surface area contributed by atoms with Gasteiger partial charge in [-0.1, -0.05) is 18.2 Å². The minimum atomic E-state index is -0.611. The van der Waals surface area contributed by atoms with E-state index in [4.69, 9.17) is 0 Å². The van der Waals surface area contributed by atoms with E-state index in [1.54, 1.807) is 12.4 Å². The molecular formula is C14H16N2O. The molecule has 0 aliphatic rings. The number of benzene rings is 1. The molecular weight excluding hydrogens is 212 g/mol. The van der Waals surface area contributed by atoms with E-state index in [1.165, 1.54) is 0 Å². The molecule has 0 aliphatic carbocycles. The molecule has 3 heteroatoms. The lowest BCUT2D eigenvalue weighted by atomic mass is 10.0. The fraction of sp³-hybridized carbons (Fsp3) is 0.214. The number of anilines is 1. The highest BCUT2D eigenvalue weighted by Crippen LogP contribution is 2.23. The Morgan fingerprint density at radius 1 is 1.06 bits per heavy atom. The van der Waals surface area contributed by atoms with Crippen molar-refractivity contribution in [3.8, 4) is 0 Å². The first-order chi connectivity index (χ1) is 8.18. The summed E-state index contributed by atoms with van der Waals surface area (Å²) in [6.07, 6.45) is 2.77. The van der Waals surface area contributed by atoms with Gasteiger partial charge in [0, 0.05) is 37.7 Å². The third-order valence-electron chi connectivity index (χ3n) is 2.73. The van der Waals surface area contributed by atoms with Crippen molar-refractivity contribution in [1.82, 2.24) is 4.98 Å². The smallest absolute Gasteiger partial charge is 0.106 e. The van der Waals surface area contributed by atoms with E-state index < -0.39 is 6.10 Å². The summed E-state index contributed by atoms with van der Waals surface area (Å²) in [5.41, 5.74) is 2.81. The number of rotatable bonds is 3. The molecule has 0 spiro atoms. The summed E-state index contributed by atoms with van der Waals surface area (Å²) < 4.78 is 0. The second-order valence-corrected chi connectivity index (χ2v) is 4.17. The molecule has 0 saturated carbocycles. The van der Waals surface area contributed by atoms with Gasteiger partial charge in [0.05, 0.1) is 0 Å². The van der Waals surface area contributed by atoms with Crippen molar-refractivity contribution in [2.75, 3.05) is 19.0 Å². The van der Waals surface area contributed by atoms with Gasteiger partial charge >= 0.3 is 0 Å². The highest BCUT2D eigenvalue weighted by molar-refractivity contribution is 5.47. The van der Waals surface area contributed by atoms with Crippen molar-refractivity contribution in [3.05, 3.63) is 59.9 Å². The number of nitrogens with zero attached hydrogens (tertiary/aromatic N) is 2. The molecule has 0 amide bonds. The summed E-state index contributed by atoms with van der Waals surface area (Å²) in [7, 11) is 3.99. The molecule has 1 aromatic heterocycles. The Kier molecular flexibility index (Phi) is 3.40. The maximum absolute atomic E-state index is 10.2. The van der Waals surface area contributed by atoms with E-state index in [9.17, 15) is 5.11 Å². The summed E-state index contributed by atoms with van der Waals surface area (Å²) in [5.74, 6) is 0. The Bertz CT molecular complexity index is 465. The maximum atomic E-state index is 10.2. The first-order valence-electron chi connectivity index (χ1n) is 5.54. The molecule has 0 aliphatic heterocycles. The van der Waals surface area contributed by atoms with Crippen molar-refractivity contribution in [1.29, 1.82) is 0 Å². The second-order valence-electron chi connectivity index (χ2n) is 4.17. The number of aromatic nitrogens is 1. The monoisotopic (exact) mass is 228 g/mol. The van der Waals surface area contributed by atoms with Crippen LogP contribution in [0.1, 0.15) is 17.2 Å². The van der Waals surface area contributed by atoms with Crippen LogP contribution < -0.4 is 4.90 Å². The number of hydrogen-bond acceptors (Lipinski definition) is 3. The molecule has 2 rings (SSSR count). The van der Waals surface area contributed by atoms with Gasteiger partial charge in [-0.05, 0) is 23.8 Å². The van der Waals surface area contributed by atoms with Crippen LogP contribution in [0.2, 0.25) is 0 Å². The first kappa shape index (κ1) is 11.6. The van der Waals surface area contributed by atoms with Gasteiger partial charge in [-0.3, -0.25) is 4.98 Å². The Hall–Kier alpha value is -1.87. The van der Waals surface area contributed by atoms with Crippen LogP contribution in [0.5, 0.6) is 0 Å². The molecule has 2 aromatic rings. The molecule has 0 bridgehead atoms. The van der Waals surface area contributed by atoms with Crippen LogP contribution >= 0.6 is 0 Å². The van der Waals surface area contributed by atoms with E-state index in [-0.39, 0.29) is 0 Å². The van der Waals surface area contributed by atoms with Gasteiger partial charge in [0.15, 0.2) is 0 Å². The van der Waals surface area contributed by atoms with Crippen LogP contribution in [0.15, 0.2) is 48.8 Å². The summed E-state index contributed by atoms with van der Waals surface area (Å²) in [6, 6.07) is 11.6. The van der Waals surface area contributed by atoms with E-state index >= 15 is 0 Å². The molecule has 1 N–H and O–H groups in total. The van der Waals surface area contributed by atoms with Crippen molar-refractivity contribution >= 4 is 5.69 Å². The van der Waals surface area contributed by atoms with E-state index in [2.05, 4.69) is 4.98 Å². The van der Waals surface area contributed by atoms with Gasteiger partial charge in [0.25, 0.3) is 0 Å². The average Bonchev–Trinajstić information content (AvgIpc) is 2.39. The predicted octanol–water partition coefficient (Wildman–Crippen LogP) is 2.23. The maximum Gasteiger partial charge on any atom is 0.106 e. The molecule has 0 saturated heterocycles. The zero-order valence-corrected chi connectivity index (χ0v) is 10.0. The van der Waals surface area contributed by atoms with Gasteiger partial charge in [-0.15, -0.1) is 0 Å². The fourth-order valence-corrected chi connectivity index (χ4v) is 1.68. The number of aliphatic hydroxyl groups excluding tert-OH is 1. The second kappa shape index (κ2) is 4.97. The van der Waals surface area contributed by atoms with Crippen LogP contribution in [-0.2, 0) is 0 Å². The summed E-state index contributed by atoms with van der Waals surface area (Å²) in [6.45, 7) is 0. The SMILES string of the molecule is CN(C)c1ccc([C@H](O)c2cccnc2)cc1. The zero-order valence-electron chi connectivity index (χ0n) is 10.0. The average molecular weight is 228 g/mol. The number of aliphatic hydroxyl groups is 1. The van der Waals surface area contributed by atoms with E-state index in [0.717, 1.165) is 16.8 Å². The third kappa shape index (κ3) is 2.63. The van der Waals surface area contributed by atoms with Crippen LogP contribution in [0, 0.1) is 0 Å². The number of hydrogen-bond donors (Lipinski definition) is 1. The number of pyridine rings is 1. The first-order valence-corrected chi connectivity index (χ1v) is 5.54. The van der Waals surface area contributed by atoms with Gasteiger partial charge in [0.1, 0.15) is 6.10 Å². The Labute approximate surface area is 101 Å². The van der Waals surface area contributed by atoms with Crippen molar-refractivity contribution < 1.29 is 5.11 Å². The van der Waals surface area contributed by atoms with Gasteiger partial charge in [-0.25, -0.2) is 0 Å². The Morgan fingerprint density at radius 2 is 1.76 bits per heavy atom. The normalized spacial score (nSPS) is 12.2. The molecule has 17 heavy (non-hydrogen) atoms. The van der Waals surface area contributed by atoms with Gasteiger partial charge < -0.3 is 10.0 Å². The predicted molar refractivity (Wildman–Crippen MR) is 69.1 cm³/mol. The zero-order chi connectivity index (χ0) is 12.3. The molecule has 88 valence electrons. The Morgan fingerprint density at radius 3 is 2.29 bits per heavy atom.